The van der Waals surface area contributed by atoms with Gasteiger partial charge in [0, 0.05) is 11.6 Å². The van der Waals surface area contributed by atoms with E-state index >= 15 is 0 Å². The summed E-state index contributed by atoms with van der Waals surface area (Å²) in [6.07, 6.45) is 6.39. The Bertz CT molecular complexity index is 485. The van der Waals surface area contributed by atoms with Crippen molar-refractivity contribution >= 4 is 0 Å². The summed E-state index contributed by atoms with van der Waals surface area (Å²) in [5, 5.41) is 0. The van der Waals surface area contributed by atoms with Crippen LogP contribution < -0.4 is 5.73 Å². The van der Waals surface area contributed by atoms with Gasteiger partial charge in [-0.1, -0.05) is 30.7 Å². The molecule has 2 N–H and O–H groups in total. The maximum absolute atomic E-state index is 6.65. The van der Waals surface area contributed by atoms with E-state index in [1.165, 1.54) is 37.8 Å². The summed E-state index contributed by atoms with van der Waals surface area (Å²) in [5.41, 5.74) is 9.88. The van der Waals surface area contributed by atoms with Gasteiger partial charge in [-0.25, -0.2) is 0 Å². The lowest BCUT2D eigenvalue weighted by Crippen LogP contribution is -2.49. The Morgan fingerprint density at radius 2 is 1.67 bits per heavy atom. The van der Waals surface area contributed by atoms with E-state index in [9.17, 15) is 0 Å². The van der Waals surface area contributed by atoms with Crippen molar-refractivity contribution in [2.75, 3.05) is 6.54 Å². The van der Waals surface area contributed by atoms with Crippen molar-refractivity contribution in [1.29, 1.82) is 0 Å². The van der Waals surface area contributed by atoms with Gasteiger partial charge in [0.2, 0.25) is 0 Å². The molecule has 1 saturated heterocycles. The largest absolute Gasteiger partial charge is 0.326 e. The first-order valence-electron chi connectivity index (χ1n) is 8.59. The maximum Gasteiger partial charge on any atom is 0.0507 e. The van der Waals surface area contributed by atoms with Gasteiger partial charge in [0.1, 0.15) is 0 Å². The van der Waals surface area contributed by atoms with Crippen LogP contribution in [0.2, 0.25) is 0 Å². The molecule has 1 aromatic carbocycles. The summed E-state index contributed by atoms with van der Waals surface area (Å²) < 4.78 is 0. The first-order chi connectivity index (χ1) is 9.98. The standard InChI is InChI=1S/C19H30N2/c1-19(2,3)21-13-7-6-10-17(20)18(21)16-9-5-4-8-15(16)14-11-12-14/h4-5,8-9,14,17-18H,6-7,10-13,20H2,1-3H3. The van der Waals surface area contributed by atoms with E-state index < -0.39 is 0 Å². The van der Waals surface area contributed by atoms with Crippen LogP contribution in [0.15, 0.2) is 24.3 Å². The molecule has 116 valence electrons. The highest BCUT2D eigenvalue weighted by Crippen LogP contribution is 2.45. The second-order valence-electron chi connectivity index (χ2n) is 7.87. The van der Waals surface area contributed by atoms with Crippen LogP contribution in [0.4, 0.5) is 0 Å². The lowest BCUT2D eigenvalue weighted by Gasteiger charge is -2.43. The zero-order valence-corrected chi connectivity index (χ0v) is 13.8. The Hall–Kier alpha value is -0.860. The molecule has 2 fully saturated rings. The summed E-state index contributed by atoms with van der Waals surface area (Å²) >= 11 is 0. The van der Waals surface area contributed by atoms with Crippen LogP contribution >= 0.6 is 0 Å². The molecule has 1 saturated carbocycles. The quantitative estimate of drug-likeness (QED) is 0.882. The molecule has 1 aliphatic heterocycles. The third kappa shape index (κ3) is 3.17. The SMILES string of the molecule is CC(C)(C)N1CCCCC(N)C1c1ccccc1C1CC1. The van der Waals surface area contributed by atoms with E-state index in [0.717, 1.165) is 12.3 Å². The molecular formula is C19H30N2. The molecule has 0 amide bonds. The van der Waals surface area contributed by atoms with E-state index in [2.05, 4.69) is 49.9 Å². The number of benzene rings is 1. The Labute approximate surface area is 129 Å². The highest BCUT2D eigenvalue weighted by Gasteiger charge is 2.38. The highest BCUT2D eigenvalue weighted by molar-refractivity contribution is 5.37. The molecular weight excluding hydrogens is 256 g/mol. The predicted molar refractivity (Wildman–Crippen MR) is 89.4 cm³/mol. The van der Waals surface area contributed by atoms with Crippen LogP contribution in [0.3, 0.4) is 0 Å². The Morgan fingerprint density at radius 3 is 2.29 bits per heavy atom. The predicted octanol–water partition coefficient (Wildman–Crippen LogP) is 4.22. The van der Waals surface area contributed by atoms with Gasteiger partial charge in [-0.15, -0.1) is 0 Å². The number of rotatable bonds is 2. The molecule has 1 heterocycles. The first kappa shape index (κ1) is 15.1. The Morgan fingerprint density at radius 1 is 1.00 bits per heavy atom. The van der Waals surface area contributed by atoms with Gasteiger partial charge in [0.25, 0.3) is 0 Å². The average molecular weight is 286 g/mol. The van der Waals surface area contributed by atoms with Crippen molar-refractivity contribution in [3.63, 3.8) is 0 Å². The normalized spacial score (nSPS) is 28.4. The molecule has 2 unspecified atom stereocenters. The molecule has 2 aliphatic rings. The van der Waals surface area contributed by atoms with Crippen molar-refractivity contribution in [1.82, 2.24) is 4.90 Å². The van der Waals surface area contributed by atoms with Gasteiger partial charge in [0.15, 0.2) is 0 Å². The Balaban J connectivity index is 2.02. The molecule has 3 rings (SSSR count). The van der Waals surface area contributed by atoms with Crippen LogP contribution in [0, 0.1) is 0 Å². The smallest absolute Gasteiger partial charge is 0.0507 e. The molecule has 0 aromatic heterocycles. The number of likely N-dealkylation sites (tertiary alicyclic amines) is 1. The molecule has 2 heteroatoms. The number of nitrogens with zero attached hydrogens (tertiary/aromatic N) is 1. The third-order valence-electron chi connectivity index (χ3n) is 5.12. The van der Waals surface area contributed by atoms with Gasteiger partial charge < -0.3 is 5.73 Å². The zero-order chi connectivity index (χ0) is 15.0. The minimum absolute atomic E-state index is 0.170. The number of hydrogen-bond donors (Lipinski definition) is 1. The van der Waals surface area contributed by atoms with Gasteiger partial charge in [0.05, 0.1) is 6.04 Å². The van der Waals surface area contributed by atoms with Gasteiger partial charge >= 0.3 is 0 Å². The summed E-state index contributed by atoms with van der Waals surface area (Å²) in [6, 6.07) is 9.70. The monoisotopic (exact) mass is 286 g/mol. The maximum atomic E-state index is 6.65. The molecule has 2 nitrogen and oxygen atoms in total. The van der Waals surface area contributed by atoms with Crippen molar-refractivity contribution < 1.29 is 0 Å². The topological polar surface area (TPSA) is 29.3 Å². The fourth-order valence-electron chi connectivity index (χ4n) is 3.89. The molecule has 0 radical (unpaired) electrons. The van der Waals surface area contributed by atoms with E-state index in [0.29, 0.717) is 6.04 Å². The second-order valence-corrected chi connectivity index (χ2v) is 7.87. The van der Waals surface area contributed by atoms with Gasteiger partial charge in [-0.3, -0.25) is 4.90 Å². The van der Waals surface area contributed by atoms with Crippen molar-refractivity contribution in [3.05, 3.63) is 35.4 Å². The molecule has 1 aliphatic carbocycles. The summed E-state index contributed by atoms with van der Waals surface area (Å²) in [6.45, 7) is 8.16. The molecule has 21 heavy (non-hydrogen) atoms. The van der Waals surface area contributed by atoms with Crippen LogP contribution in [0.5, 0.6) is 0 Å². The second kappa shape index (κ2) is 5.73. The fourth-order valence-corrected chi connectivity index (χ4v) is 3.89. The van der Waals surface area contributed by atoms with Crippen LogP contribution in [0.1, 0.15) is 76.0 Å². The highest BCUT2D eigenvalue weighted by atomic mass is 15.2. The van der Waals surface area contributed by atoms with Crippen LogP contribution in [-0.2, 0) is 0 Å². The first-order valence-corrected chi connectivity index (χ1v) is 8.59. The molecule has 1 aromatic rings. The van der Waals surface area contributed by atoms with E-state index in [1.54, 1.807) is 5.56 Å². The van der Waals surface area contributed by atoms with Crippen LogP contribution in [-0.4, -0.2) is 23.0 Å². The lowest BCUT2D eigenvalue weighted by atomic mass is 9.88. The molecule has 0 bridgehead atoms. The van der Waals surface area contributed by atoms with Crippen molar-refractivity contribution in [2.45, 2.75) is 76.4 Å². The van der Waals surface area contributed by atoms with Gasteiger partial charge in [-0.2, -0.15) is 0 Å². The average Bonchev–Trinajstić information content (AvgIpc) is 3.24. The van der Waals surface area contributed by atoms with Gasteiger partial charge in [-0.05, 0) is 70.0 Å². The minimum atomic E-state index is 0.170. The third-order valence-corrected chi connectivity index (χ3v) is 5.12. The van der Waals surface area contributed by atoms with E-state index in [-0.39, 0.29) is 11.6 Å². The van der Waals surface area contributed by atoms with Crippen molar-refractivity contribution in [3.8, 4) is 0 Å². The summed E-state index contributed by atoms with van der Waals surface area (Å²) in [4.78, 5) is 2.66. The number of nitrogens with two attached hydrogens (primary N) is 1. The summed E-state index contributed by atoms with van der Waals surface area (Å²) in [5.74, 6) is 0.790. The molecule has 0 spiro atoms. The van der Waals surface area contributed by atoms with E-state index in [4.69, 9.17) is 5.73 Å². The summed E-state index contributed by atoms with van der Waals surface area (Å²) in [7, 11) is 0. The van der Waals surface area contributed by atoms with E-state index in [1.807, 2.05) is 0 Å². The number of hydrogen-bond acceptors (Lipinski definition) is 2. The zero-order valence-electron chi connectivity index (χ0n) is 13.8. The minimum Gasteiger partial charge on any atom is -0.326 e. The van der Waals surface area contributed by atoms with Crippen molar-refractivity contribution in [2.24, 2.45) is 5.73 Å². The van der Waals surface area contributed by atoms with Crippen LogP contribution in [0.25, 0.3) is 0 Å². The lowest BCUT2D eigenvalue weighted by molar-refractivity contribution is 0.0750. The fraction of sp³-hybridized carbons (Fsp3) is 0.684. The Kier molecular flexibility index (Phi) is 4.11. The molecule has 2 atom stereocenters.